The molecule has 1 amide bonds. The van der Waals surface area contributed by atoms with E-state index in [0.717, 1.165) is 42.7 Å². The fourth-order valence-corrected chi connectivity index (χ4v) is 3.80. The number of rotatable bonds is 3. The molecule has 1 unspecified atom stereocenters. The first kappa shape index (κ1) is 14.3. The van der Waals surface area contributed by atoms with Crippen LogP contribution in [0.25, 0.3) is 10.2 Å². The number of nitrogens with zero attached hydrogens (tertiary/aromatic N) is 2. The second kappa shape index (κ2) is 5.99. The van der Waals surface area contributed by atoms with E-state index in [9.17, 15) is 4.79 Å². The van der Waals surface area contributed by atoms with Crippen LogP contribution in [0.3, 0.4) is 0 Å². The molecule has 1 atom stereocenters. The zero-order chi connectivity index (χ0) is 14.8. The van der Waals surface area contributed by atoms with E-state index < -0.39 is 0 Å². The molecule has 1 aliphatic rings. The van der Waals surface area contributed by atoms with Crippen molar-refractivity contribution in [1.29, 1.82) is 0 Å². The van der Waals surface area contributed by atoms with Crippen LogP contribution in [0.2, 0.25) is 0 Å². The molecule has 0 spiro atoms. The number of aromatic nitrogens is 1. The summed E-state index contributed by atoms with van der Waals surface area (Å²) in [4.78, 5) is 20.5. The van der Waals surface area contributed by atoms with Crippen molar-refractivity contribution in [1.82, 2.24) is 15.2 Å². The van der Waals surface area contributed by atoms with Gasteiger partial charge in [-0.3, -0.25) is 4.79 Å². The Bertz CT molecular complexity index is 654. The highest BCUT2D eigenvalue weighted by Crippen LogP contribution is 2.31. The minimum atomic E-state index is -0.0709. The first-order valence-corrected chi connectivity index (χ1v) is 8.17. The summed E-state index contributed by atoms with van der Waals surface area (Å²) in [6, 6.07) is 3.96. The van der Waals surface area contributed by atoms with Crippen molar-refractivity contribution < 1.29 is 4.79 Å². The maximum atomic E-state index is 12.5. The van der Waals surface area contributed by atoms with E-state index in [-0.39, 0.29) is 11.9 Å². The monoisotopic (exact) mass is 304 g/mol. The largest absolute Gasteiger partial charge is 0.397 e. The molecule has 2 aromatic heterocycles. The number of anilines is 1. The second-order valence-electron chi connectivity index (χ2n) is 5.41. The Morgan fingerprint density at radius 1 is 1.62 bits per heavy atom. The highest BCUT2D eigenvalue weighted by Gasteiger charge is 2.23. The van der Waals surface area contributed by atoms with Gasteiger partial charge in [0, 0.05) is 24.2 Å². The molecule has 21 heavy (non-hydrogen) atoms. The van der Waals surface area contributed by atoms with Gasteiger partial charge in [0.15, 0.2) is 0 Å². The number of likely N-dealkylation sites (tertiary alicyclic amines) is 1. The van der Waals surface area contributed by atoms with Gasteiger partial charge in [0.2, 0.25) is 0 Å². The number of nitrogens with two attached hydrogens (primary N) is 1. The molecule has 5 nitrogen and oxygen atoms in total. The van der Waals surface area contributed by atoms with Crippen molar-refractivity contribution in [2.75, 3.05) is 25.4 Å². The van der Waals surface area contributed by atoms with Crippen LogP contribution in [0.5, 0.6) is 0 Å². The van der Waals surface area contributed by atoms with Crippen molar-refractivity contribution in [2.45, 2.75) is 25.8 Å². The normalized spacial score (nSPS) is 19.8. The number of nitrogen functional groups attached to an aromatic ring is 1. The minimum Gasteiger partial charge on any atom is -0.397 e. The number of fused-ring (bicyclic) bond motifs is 1. The predicted octanol–water partition coefficient (Wildman–Crippen LogP) is 2.09. The van der Waals surface area contributed by atoms with E-state index >= 15 is 0 Å². The van der Waals surface area contributed by atoms with Gasteiger partial charge in [0.25, 0.3) is 5.91 Å². The molecule has 1 fully saturated rings. The molecule has 0 bridgehead atoms. The Hall–Kier alpha value is -1.66. The first-order valence-electron chi connectivity index (χ1n) is 7.35. The molecule has 112 valence electrons. The Labute approximate surface area is 128 Å². The van der Waals surface area contributed by atoms with E-state index in [1.807, 2.05) is 12.1 Å². The number of pyridine rings is 1. The maximum absolute atomic E-state index is 12.5. The fraction of sp³-hybridized carbons (Fsp3) is 0.467. The molecule has 1 aliphatic heterocycles. The number of carbonyl (C=O) groups is 1. The van der Waals surface area contributed by atoms with Crippen molar-refractivity contribution >= 4 is 33.1 Å². The van der Waals surface area contributed by atoms with Gasteiger partial charge in [0.1, 0.15) is 9.71 Å². The molecular weight excluding hydrogens is 284 g/mol. The highest BCUT2D eigenvalue weighted by atomic mass is 32.1. The van der Waals surface area contributed by atoms with Gasteiger partial charge in [-0.05, 0) is 38.1 Å². The van der Waals surface area contributed by atoms with Crippen LogP contribution in [-0.2, 0) is 0 Å². The lowest BCUT2D eigenvalue weighted by atomic mass is 10.1. The third kappa shape index (κ3) is 2.87. The third-order valence-corrected chi connectivity index (χ3v) is 5.13. The molecule has 3 heterocycles. The quantitative estimate of drug-likeness (QED) is 0.911. The van der Waals surface area contributed by atoms with Gasteiger partial charge < -0.3 is 16.0 Å². The zero-order valence-corrected chi connectivity index (χ0v) is 12.9. The summed E-state index contributed by atoms with van der Waals surface area (Å²) in [5, 5.41) is 3.99. The maximum Gasteiger partial charge on any atom is 0.263 e. The molecule has 3 rings (SSSR count). The molecule has 0 aromatic carbocycles. The van der Waals surface area contributed by atoms with Crippen molar-refractivity contribution in [3.8, 4) is 0 Å². The van der Waals surface area contributed by atoms with Gasteiger partial charge in [-0.15, -0.1) is 11.3 Å². The minimum absolute atomic E-state index is 0.0709. The second-order valence-corrected chi connectivity index (χ2v) is 6.41. The van der Waals surface area contributed by atoms with Crippen molar-refractivity contribution in [3.05, 3.63) is 23.2 Å². The number of piperidine rings is 1. The molecule has 6 heteroatoms. The Kier molecular flexibility index (Phi) is 4.07. The lowest BCUT2D eigenvalue weighted by Gasteiger charge is -2.32. The van der Waals surface area contributed by atoms with Crippen LogP contribution in [0, 0.1) is 0 Å². The summed E-state index contributed by atoms with van der Waals surface area (Å²) < 4.78 is 0. The molecule has 0 aliphatic carbocycles. The number of nitrogens with one attached hydrogen (secondary N) is 1. The standard InChI is InChI=1S/C15H20N4OS/c1-2-19-8-4-5-10(9-19)18-14(20)13-12(16)11-6-3-7-17-15(11)21-13/h3,6-7,10H,2,4-5,8-9,16H2,1H3,(H,18,20). The van der Waals surface area contributed by atoms with E-state index in [1.54, 1.807) is 6.20 Å². The van der Waals surface area contributed by atoms with E-state index in [0.29, 0.717) is 10.6 Å². The third-order valence-electron chi connectivity index (χ3n) is 4.00. The summed E-state index contributed by atoms with van der Waals surface area (Å²) in [7, 11) is 0. The molecular formula is C15H20N4OS. The summed E-state index contributed by atoms with van der Waals surface area (Å²) in [6.07, 6.45) is 3.88. The number of thiophene rings is 1. The Balaban J connectivity index is 1.76. The van der Waals surface area contributed by atoms with Crippen LogP contribution in [0.4, 0.5) is 5.69 Å². The number of hydrogen-bond acceptors (Lipinski definition) is 5. The summed E-state index contributed by atoms with van der Waals surface area (Å²) >= 11 is 1.37. The van der Waals surface area contributed by atoms with Crippen LogP contribution >= 0.6 is 11.3 Å². The van der Waals surface area contributed by atoms with Gasteiger partial charge >= 0.3 is 0 Å². The number of carbonyl (C=O) groups excluding carboxylic acids is 1. The highest BCUT2D eigenvalue weighted by molar-refractivity contribution is 7.21. The lowest BCUT2D eigenvalue weighted by Crippen LogP contribution is -2.47. The van der Waals surface area contributed by atoms with Gasteiger partial charge in [-0.1, -0.05) is 6.92 Å². The van der Waals surface area contributed by atoms with E-state index in [2.05, 4.69) is 22.1 Å². The van der Waals surface area contributed by atoms with Crippen LogP contribution in [0.1, 0.15) is 29.4 Å². The number of amides is 1. The summed E-state index contributed by atoms with van der Waals surface area (Å²) in [5.41, 5.74) is 6.64. The molecule has 0 saturated carbocycles. The average Bonchev–Trinajstić information content (AvgIpc) is 2.85. The Morgan fingerprint density at radius 2 is 2.48 bits per heavy atom. The SMILES string of the molecule is CCN1CCCC(NC(=O)c2sc3ncccc3c2N)C1. The average molecular weight is 304 g/mol. The van der Waals surface area contributed by atoms with Crippen LogP contribution in [0.15, 0.2) is 18.3 Å². The molecule has 0 radical (unpaired) electrons. The van der Waals surface area contributed by atoms with E-state index in [1.165, 1.54) is 11.3 Å². The summed E-state index contributed by atoms with van der Waals surface area (Å²) in [6.45, 7) is 5.23. The Morgan fingerprint density at radius 3 is 3.24 bits per heavy atom. The lowest BCUT2D eigenvalue weighted by molar-refractivity contribution is 0.0911. The number of likely N-dealkylation sites (N-methyl/N-ethyl adjacent to an activating group) is 1. The fourth-order valence-electron chi connectivity index (χ4n) is 2.83. The smallest absolute Gasteiger partial charge is 0.263 e. The topological polar surface area (TPSA) is 71.2 Å². The van der Waals surface area contributed by atoms with Gasteiger partial charge in [-0.25, -0.2) is 4.98 Å². The number of hydrogen-bond donors (Lipinski definition) is 2. The van der Waals surface area contributed by atoms with Gasteiger partial charge in [-0.2, -0.15) is 0 Å². The van der Waals surface area contributed by atoms with Crippen molar-refractivity contribution in [3.63, 3.8) is 0 Å². The molecule has 1 saturated heterocycles. The molecule has 2 aromatic rings. The van der Waals surface area contributed by atoms with E-state index in [4.69, 9.17) is 5.73 Å². The zero-order valence-electron chi connectivity index (χ0n) is 12.1. The van der Waals surface area contributed by atoms with Crippen LogP contribution < -0.4 is 11.1 Å². The first-order chi connectivity index (χ1) is 10.2. The molecule has 3 N–H and O–H groups in total. The van der Waals surface area contributed by atoms with Crippen molar-refractivity contribution in [2.24, 2.45) is 0 Å². The van der Waals surface area contributed by atoms with Gasteiger partial charge in [0.05, 0.1) is 5.69 Å². The predicted molar refractivity (Wildman–Crippen MR) is 86.6 cm³/mol. The van der Waals surface area contributed by atoms with Crippen LogP contribution in [-0.4, -0.2) is 41.5 Å². The summed E-state index contributed by atoms with van der Waals surface area (Å²) in [5.74, 6) is -0.0709.